The smallest absolute Gasteiger partial charge is 0.223 e. The molecule has 0 saturated carbocycles. The fourth-order valence-corrected chi connectivity index (χ4v) is 3.24. The number of aryl methyl sites for hydroxylation is 2. The molecule has 1 fully saturated rings. The van der Waals surface area contributed by atoms with Crippen LogP contribution in [0.25, 0.3) is 0 Å². The quantitative estimate of drug-likeness (QED) is 0.796. The van der Waals surface area contributed by atoms with Gasteiger partial charge >= 0.3 is 0 Å². The molecule has 7 nitrogen and oxygen atoms in total. The normalized spacial score (nSPS) is 20.3. The van der Waals surface area contributed by atoms with Gasteiger partial charge in [0.2, 0.25) is 15.9 Å². The Morgan fingerprint density at radius 3 is 2.74 bits per heavy atom. The molecule has 1 aromatic heterocycles. The van der Waals surface area contributed by atoms with Crippen LogP contribution in [0.4, 0.5) is 0 Å². The summed E-state index contributed by atoms with van der Waals surface area (Å²) in [5.74, 6) is -0.402. The van der Waals surface area contributed by atoms with E-state index < -0.39 is 10.0 Å². The lowest BCUT2D eigenvalue weighted by molar-refractivity contribution is -0.128. The average molecular weight is 286 g/mol. The Bertz CT molecular complexity index is 574. The summed E-state index contributed by atoms with van der Waals surface area (Å²) in [5, 5.41) is 9.30. The van der Waals surface area contributed by atoms with Gasteiger partial charge in [-0.15, -0.1) is 0 Å². The van der Waals surface area contributed by atoms with Gasteiger partial charge in [-0.05, 0) is 13.0 Å². The lowest BCUT2D eigenvalue weighted by Gasteiger charge is -2.14. The molecule has 1 unspecified atom stereocenters. The summed E-state index contributed by atoms with van der Waals surface area (Å²) in [4.78, 5) is 13.5. The number of hydrogen-bond acceptors (Lipinski definition) is 4. The average Bonchev–Trinajstić information content (AvgIpc) is 2.70. The Morgan fingerprint density at radius 1 is 1.53 bits per heavy atom. The number of likely N-dealkylation sites (tertiary alicyclic amines) is 1. The van der Waals surface area contributed by atoms with Gasteiger partial charge in [0, 0.05) is 31.6 Å². The van der Waals surface area contributed by atoms with Gasteiger partial charge in [-0.25, -0.2) is 13.6 Å². The predicted octanol–water partition coefficient (Wildman–Crippen LogP) is -0.634. The Balaban J connectivity index is 2.00. The van der Waals surface area contributed by atoms with Gasteiger partial charge in [0.05, 0.1) is 18.0 Å². The summed E-state index contributed by atoms with van der Waals surface area (Å²) in [7, 11) is -1.69. The van der Waals surface area contributed by atoms with Crippen molar-refractivity contribution >= 4 is 15.9 Å². The van der Waals surface area contributed by atoms with E-state index in [-0.39, 0.29) is 24.0 Å². The van der Waals surface area contributed by atoms with Crippen molar-refractivity contribution in [2.45, 2.75) is 19.9 Å². The zero-order chi connectivity index (χ0) is 14.2. The van der Waals surface area contributed by atoms with E-state index >= 15 is 0 Å². The largest absolute Gasteiger partial charge is 0.336 e. The molecule has 2 N–H and O–H groups in total. The first-order chi connectivity index (χ1) is 8.74. The van der Waals surface area contributed by atoms with E-state index in [1.54, 1.807) is 9.58 Å². The van der Waals surface area contributed by atoms with Gasteiger partial charge in [0.1, 0.15) is 0 Å². The minimum atomic E-state index is -3.53. The van der Waals surface area contributed by atoms with Crippen LogP contribution in [-0.2, 0) is 28.4 Å². The zero-order valence-corrected chi connectivity index (χ0v) is 11.9. The number of hydrogen-bond donors (Lipinski definition) is 1. The summed E-state index contributed by atoms with van der Waals surface area (Å²) in [6.07, 6.45) is 0.238. The standard InChI is InChI=1S/C11H18N4O3S/c1-8-3-10(13-14(8)2)6-15-5-9(4-11(15)16)7-19(12,17)18/h3,9H,4-7H2,1-2H3,(H2,12,17,18). The molecule has 8 heteroatoms. The number of amides is 1. The van der Waals surface area contributed by atoms with Gasteiger partial charge in [0.15, 0.2) is 0 Å². The molecule has 1 amide bonds. The maximum Gasteiger partial charge on any atom is 0.223 e. The Kier molecular flexibility index (Phi) is 3.64. The molecule has 1 atom stereocenters. The summed E-state index contributed by atoms with van der Waals surface area (Å²) in [5.41, 5.74) is 1.83. The van der Waals surface area contributed by atoms with E-state index in [1.165, 1.54) is 0 Å². The Labute approximate surface area is 112 Å². The second-order valence-corrected chi connectivity index (χ2v) is 6.73. The molecule has 0 aromatic carbocycles. The number of primary sulfonamides is 1. The van der Waals surface area contributed by atoms with Gasteiger partial charge in [-0.1, -0.05) is 0 Å². The number of nitrogens with zero attached hydrogens (tertiary/aromatic N) is 3. The fourth-order valence-electron chi connectivity index (χ4n) is 2.35. The summed E-state index contributed by atoms with van der Waals surface area (Å²) in [6, 6.07) is 1.92. The first kappa shape index (κ1) is 14.0. The molecule has 19 heavy (non-hydrogen) atoms. The van der Waals surface area contributed by atoms with E-state index in [1.807, 2.05) is 20.0 Å². The molecule has 1 aliphatic heterocycles. The van der Waals surface area contributed by atoms with E-state index in [9.17, 15) is 13.2 Å². The van der Waals surface area contributed by atoms with Crippen molar-refractivity contribution < 1.29 is 13.2 Å². The summed E-state index contributed by atoms with van der Waals surface area (Å²) < 4.78 is 23.8. The second kappa shape index (κ2) is 4.93. The molecule has 0 spiro atoms. The van der Waals surface area contributed by atoms with Crippen molar-refractivity contribution in [2.24, 2.45) is 18.1 Å². The molecule has 2 heterocycles. The lowest BCUT2D eigenvalue weighted by Crippen LogP contribution is -2.27. The molecular weight excluding hydrogens is 268 g/mol. The molecule has 1 saturated heterocycles. The maximum atomic E-state index is 11.8. The highest BCUT2D eigenvalue weighted by Gasteiger charge is 2.32. The van der Waals surface area contributed by atoms with Gasteiger partial charge in [-0.2, -0.15) is 5.10 Å². The lowest BCUT2D eigenvalue weighted by atomic mass is 10.1. The van der Waals surface area contributed by atoms with E-state index in [2.05, 4.69) is 5.10 Å². The molecule has 0 aliphatic carbocycles. The SMILES string of the molecule is Cc1cc(CN2CC(CS(N)(=O)=O)CC2=O)nn1C. The Morgan fingerprint density at radius 2 is 2.21 bits per heavy atom. The molecule has 1 aliphatic rings. The van der Waals surface area contributed by atoms with Crippen molar-refractivity contribution in [3.05, 3.63) is 17.5 Å². The van der Waals surface area contributed by atoms with E-state index in [0.717, 1.165) is 11.4 Å². The molecule has 1 aromatic rings. The molecular formula is C11H18N4O3S. The predicted molar refractivity (Wildman–Crippen MR) is 69.4 cm³/mol. The molecule has 0 radical (unpaired) electrons. The highest BCUT2D eigenvalue weighted by atomic mass is 32.2. The van der Waals surface area contributed by atoms with Crippen LogP contribution in [0.1, 0.15) is 17.8 Å². The summed E-state index contributed by atoms with van der Waals surface area (Å²) >= 11 is 0. The highest BCUT2D eigenvalue weighted by molar-refractivity contribution is 7.89. The van der Waals surface area contributed by atoms with Crippen LogP contribution in [0.5, 0.6) is 0 Å². The fraction of sp³-hybridized carbons (Fsp3) is 0.636. The van der Waals surface area contributed by atoms with Crippen molar-refractivity contribution in [1.29, 1.82) is 0 Å². The van der Waals surface area contributed by atoms with Crippen LogP contribution >= 0.6 is 0 Å². The third-order valence-corrected chi connectivity index (χ3v) is 4.22. The first-order valence-corrected chi connectivity index (χ1v) is 7.74. The number of carbonyl (C=O) groups excluding carboxylic acids is 1. The number of nitrogens with two attached hydrogens (primary N) is 1. The number of carbonyl (C=O) groups is 1. The van der Waals surface area contributed by atoms with Crippen molar-refractivity contribution in [2.75, 3.05) is 12.3 Å². The van der Waals surface area contributed by atoms with Crippen molar-refractivity contribution in [1.82, 2.24) is 14.7 Å². The minimum absolute atomic E-state index is 0.0445. The molecule has 2 rings (SSSR count). The van der Waals surface area contributed by atoms with Gasteiger partial charge < -0.3 is 4.90 Å². The molecule has 106 valence electrons. The first-order valence-electron chi connectivity index (χ1n) is 6.02. The number of sulfonamides is 1. The monoisotopic (exact) mass is 286 g/mol. The number of aromatic nitrogens is 2. The van der Waals surface area contributed by atoms with Gasteiger partial charge in [-0.3, -0.25) is 9.48 Å². The third-order valence-electron chi connectivity index (χ3n) is 3.28. The van der Waals surface area contributed by atoms with Crippen LogP contribution < -0.4 is 5.14 Å². The van der Waals surface area contributed by atoms with Crippen LogP contribution in [0, 0.1) is 12.8 Å². The Hall–Kier alpha value is -1.41. The van der Waals surface area contributed by atoms with Crippen LogP contribution in [0.2, 0.25) is 0 Å². The topological polar surface area (TPSA) is 98.3 Å². The second-order valence-electron chi connectivity index (χ2n) is 5.07. The third kappa shape index (κ3) is 3.54. The van der Waals surface area contributed by atoms with Crippen molar-refractivity contribution in [3.8, 4) is 0 Å². The van der Waals surface area contributed by atoms with Crippen LogP contribution in [0.3, 0.4) is 0 Å². The highest BCUT2D eigenvalue weighted by Crippen LogP contribution is 2.20. The van der Waals surface area contributed by atoms with Gasteiger partial charge in [0.25, 0.3) is 0 Å². The van der Waals surface area contributed by atoms with Crippen LogP contribution in [-0.4, -0.2) is 41.3 Å². The minimum Gasteiger partial charge on any atom is -0.336 e. The van der Waals surface area contributed by atoms with Crippen molar-refractivity contribution in [3.63, 3.8) is 0 Å². The van der Waals surface area contributed by atoms with E-state index in [0.29, 0.717) is 13.1 Å². The number of rotatable bonds is 4. The maximum absolute atomic E-state index is 11.8. The van der Waals surface area contributed by atoms with Crippen LogP contribution in [0.15, 0.2) is 6.07 Å². The molecule has 0 bridgehead atoms. The van der Waals surface area contributed by atoms with E-state index in [4.69, 9.17) is 5.14 Å². The summed E-state index contributed by atoms with van der Waals surface area (Å²) in [6.45, 7) is 2.78. The zero-order valence-electron chi connectivity index (χ0n) is 11.0.